The fourth-order valence-electron chi connectivity index (χ4n) is 1.71. The first-order valence-corrected chi connectivity index (χ1v) is 6.17. The maximum atomic E-state index is 13.5. The van der Waals surface area contributed by atoms with E-state index in [2.05, 4.69) is 20.9 Å². The third-order valence-electron chi connectivity index (χ3n) is 2.61. The molecule has 0 saturated carbocycles. The van der Waals surface area contributed by atoms with E-state index in [1.165, 1.54) is 24.4 Å². The standard InChI is InChI=1S/C13H11BrF2N2/c14-12-8(3-1-4-9(12)15)7-11(17)13-10(16)5-2-6-18-13/h1-6,11H,7,17H2. The van der Waals surface area contributed by atoms with Crippen molar-refractivity contribution < 1.29 is 8.78 Å². The highest BCUT2D eigenvalue weighted by Crippen LogP contribution is 2.25. The van der Waals surface area contributed by atoms with Crippen molar-refractivity contribution in [1.29, 1.82) is 0 Å². The lowest BCUT2D eigenvalue weighted by molar-refractivity contribution is 0.561. The van der Waals surface area contributed by atoms with Crippen LogP contribution >= 0.6 is 15.9 Å². The lowest BCUT2D eigenvalue weighted by Crippen LogP contribution is -2.17. The predicted molar refractivity (Wildman–Crippen MR) is 68.9 cm³/mol. The molecule has 1 heterocycles. The zero-order valence-electron chi connectivity index (χ0n) is 9.41. The first-order chi connectivity index (χ1) is 8.59. The van der Waals surface area contributed by atoms with E-state index in [1.807, 2.05) is 0 Å². The van der Waals surface area contributed by atoms with E-state index in [4.69, 9.17) is 5.73 Å². The van der Waals surface area contributed by atoms with Gasteiger partial charge in [0.2, 0.25) is 0 Å². The van der Waals surface area contributed by atoms with Gasteiger partial charge < -0.3 is 5.73 Å². The molecular formula is C13H11BrF2N2. The Hall–Kier alpha value is -1.33. The van der Waals surface area contributed by atoms with Gasteiger partial charge in [0, 0.05) is 6.20 Å². The molecule has 1 aromatic carbocycles. The second-order valence-corrected chi connectivity index (χ2v) is 4.69. The highest BCUT2D eigenvalue weighted by atomic mass is 79.9. The molecule has 2 N–H and O–H groups in total. The lowest BCUT2D eigenvalue weighted by Gasteiger charge is -2.13. The van der Waals surface area contributed by atoms with Gasteiger partial charge in [-0.25, -0.2) is 8.78 Å². The van der Waals surface area contributed by atoms with E-state index in [0.29, 0.717) is 16.5 Å². The molecule has 1 unspecified atom stereocenters. The minimum Gasteiger partial charge on any atom is -0.322 e. The second-order valence-electron chi connectivity index (χ2n) is 3.89. The van der Waals surface area contributed by atoms with Crippen LogP contribution in [0.25, 0.3) is 0 Å². The topological polar surface area (TPSA) is 38.9 Å². The van der Waals surface area contributed by atoms with Gasteiger partial charge in [-0.05, 0) is 46.1 Å². The number of hydrogen-bond acceptors (Lipinski definition) is 2. The Morgan fingerprint density at radius 1 is 1.17 bits per heavy atom. The van der Waals surface area contributed by atoms with E-state index in [0.717, 1.165) is 0 Å². The van der Waals surface area contributed by atoms with Gasteiger partial charge in [0.25, 0.3) is 0 Å². The summed E-state index contributed by atoms with van der Waals surface area (Å²) in [6, 6.07) is 6.89. The van der Waals surface area contributed by atoms with Gasteiger partial charge in [0.05, 0.1) is 16.2 Å². The molecule has 0 amide bonds. The summed E-state index contributed by atoms with van der Waals surface area (Å²) in [5.74, 6) is -0.807. The second kappa shape index (κ2) is 5.54. The summed E-state index contributed by atoms with van der Waals surface area (Å²) in [5, 5.41) is 0. The molecule has 1 aromatic heterocycles. The number of aromatic nitrogens is 1. The van der Waals surface area contributed by atoms with Gasteiger partial charge in [0.1, 0.15) is 11.6 Å². The lowest BCUT2D eigenvalue weighted by atomic mass is 10.0. The minimum atomic E-state index is -0.607. The number of nitrogens with two attached hydrogens (primary N) is 1. The van der Waals surface area contributed by atoms with Gasteiger partial charge >= 0.3 is 0 Å². The van der Waals surface area contributed by atoms with Crippen molar-refractivity contribution in [3.63, 3.8) is 0 Å². The monoisotopic (exact) mass is 312 g/mol. The quantitative estimate of drug-likeness (QED) is 0.943. The van der Waals surface area contributed by atoms with Crippen molar-refractivity contribution in [3.8, 4) is 0 Å². The van der Waals surface area contributed by atoms with Crippen LogP contribution in [0.5, 0.6) is 0 Å². The number of benzene rings is 1. The molecule has 2 rings (SSSR count). The van der Waals surface area contributed by atoms with Crippen LogP contribution < -0.4 is 5.73 Å². The van der Waals surface area contributed by atoms with Crippen LogP contribution in [-0.4, -0.2) is 4.98 Å². The van der Waals surface area contributed by atoms with E-state index in [-0.39, 0.29) is 11.5 Å². The molecular weight excluding hydrogens is 302 g/mol. The van der Waals surface area contributed by atoms with Crippen LogP contribution in [0.1, 0.15) is 17.3 Å². The molecule has 0 fully saturated rings. The Bertz CT molecular complexity index is 560. The predicted octanol–water partition coefficient (Wildman–Crippen LogP) is 3.36. The largest absolute Gasteiger partial charge is 0.322 e. The molecule has 18 heavy (non-hydrogen) atoms. The summed E-state index contributed by atoms with van der Waals surface area (Å²) in [4.78, 5) is 3.92. The summed E-state index contributed by atoms with van der Waals surface area (Å²) in [7, 11) is 0. The maximum Gasteiger partial charge on any atom is 0.146 e. The first kappa shape index (κ1) is 13.1. The van der Waals surface area contributed by atoms with Crippen molar-refractivity contribution >= 4 is 15.9 Å². The molecule has 2 nitrogen and oxygen atoms in total. The summed E-state index contributed by atoms with van der Waals surface area (Å²) >= 11 is 3.16. The molecule has 2 aromatic rings. The highest BCUT2D eigenvalue weighted by molar-refractivity contribution is 9.10. The fraction of sp³-hybridized carbons (Fsp3) is 0.154. The number of rotatable bonds is 3. The number of nitrogens with zero attached hydrogens (tertiary/aromatic N) is 1. The molecule has 1 atom stereocenters. The SMILES string of the molecule is NC(Cc1cccc(F)c1Br)c1ncccc1F. The highest BCUT2D eigenvalue weighted by Gasteiger charge is 2.15. The van der Waals surface area contributed by atoms with E-state index >= 15 is 0 Å². The first-order valence-electron chi connectivity index (χ1n) is 5.38. The smallest absolute Gasteiger partial charge is 0.146 e. The summed E-state index contributed by atoms with van der Waals surface area (Å²) < 4.78 is 27.2. The normalized spacial score (nSPS) is 12.4. The molecule has 0 saturated heterocycles. The number of hydrogen-bond donors (Lipinski definition) is 1. The summed E-state index contributed by atoms with van der Waals surface area (Å²) in [6.45, 7) is 0. The average molecular weight is 313 g/mol. The third kappa shape index (κ3) is 2.73. The van der Waals surface area contributed by atoms with Gasteiger partial charge in [-0.1, -0.05) is 12.1 Å². The van der Waals surface area contributed by atoms with E-state index in [1.54, 1.807) is 12.1 Å². The van der Waals surface area contributed by atoms with Crippen LogP contribution in [0.15, 0.2) is 41.0 Å². The Morgan fingerprint density at radius 3 is 2.61 bits per heavy atom. The van der Waals surface area contributed by atoms with Gasteiger partial charge in [0.15, 0.2) is 0 Å². The van der Waals surface area contributed by atoms with Crippen molar-refractivity contribution in [3.05, 3.63) is 63.9 Å². The fourth-order valence-corrected chi connectivity index (χ4v) is 2.14. The molecule has 0 radical (unpaired) electrons. The molecule has 0 aliphatic rings. The van der Waals surface area contributed by atoms with Crippen molar-refractivity contribution in [1.82, 2.24) is 4.98 Å². The van der Waals surface area contributed by atoms with Gasteiger partial charge in [-0.3, -0.25) is 4.98 Å². The summed E-state index contributed by atoms with van der Waals surface area (Å²) in [6.07, 6.45) is 1.80. The summed E-state index contributed by atoms with van der Waals surface area (Å²) in [5.41, 5.74) is 6.78. The van der Waals surface area contributed by atoms with Crippen molar-refractivity contribution in [2.45, 2.75) is 12.5 Å². The zero-order valence-corrected chi connectivity index (χ0v) is 11.0. The molecule has 0 aliphatic heterocycles. The van der Waals surface area contributed by atoms with Crippen molar-refractivity contribution in [2.75, 3.05) is 0 Å². The molecule has 0 spiro atoms. The Morgan fingerprint density at radius 2 is 1.89 bits per heavy atom. The van der Waals surface area contributed by atoms with Crippen LogP contribution in [0.2, 0.25) is 0 Å². The van der Waals surface area contributed by atoms with Crippen molar-refractivity contribution in [2.24, 2.45) is 5.73 Å². The van der Waals surface area contributed by atoms with Gasteiger partial charge in [-0.15, -0.1) is 0 Å². The number of pyridine rings is 1. The number of halogens is 3. The molecule has 94 valence electrons. The molecule has 0 bridgehead atoms. The Labute approximate surface area is 112 Å². The third-order valence-corrected chi connectivity index (χ3v) is 3.50. The van der Waals surface area contributed by atoms with Crippen LogP contribution in [0, 0.1) is 11.6 Å². The van der Waals surface area contributed by atoms with E-state index in [9.17, 15) is 8.78 Å². The average Bonchev–Trinajstić information content (AvgIpc) is 2.35. The Balaban J connectivity index is 2.24. The Kier molecular flexibility index (Phi) is 4.04. The van der Waals surface area contributed by atoms with Gasteiger partial charge in [-0.2, -0.15) is 0 Å². The van der Waals surface area contributed by atoms with Crippen LogP contribution in [0.3, 0.4) is 0 Å². The molecule has 5 heteroatoms. The van der Waals surface area contributed by atoms with E-state index < -0.39 is 11.9 Å². The molecule has 0 aliphatic carbocycles. The maximum absolute atomic E-state index is 13.5. The van der Waals surface area contributed by atoms with Crippen LogP contribution in [-0.2, 0) is 6.42 Å². The zero-order chi connectivity index (χ0) is 13.1. The minimum absolute atomic E-state index is 0.189. The van der Waals surface area contributed by atoms with Crippen LogP contribution in [0.4, 0.5) is 8.78 Å².